The van der Waals surface area contributed by atoms with E-state index in [0.717, 1.165) is 38.9 Å². The van der Waals surface area contributed by atoms with Crippen LogP contribution in [0.1, 0.15) is 31.9 Å². The van der Waals surface area contributed by atoms with E-state index in [1.54, 1.807) is 12.1 Å². The first-order chi connectivity index (χ1) is 21.8. The van der Waals surface area contributed by atoms with Crippen LogP contribution < -0.4 is 14.5 Å². The number of nitrogens with zero attached hydrogens (tertiary/aromatic N) is 6. The number of ether oxygens (including phenoxy) is 1. The third kappa shape index (κ3) is 5.74. The normalized spacial score (nSPS) is 12.6. The van der Waals surface area contributed by atoms with Gasteiger partial charge in [-0.25, -0.2) is 4.98 Å². The van der Waals surface area contributed by atoms with Gasteiger partial charge >= 0.3 is 0 Å². The van der Waals surface area contributed by atoms with E-state index in [2.05, 4.69) is 49.9 Å². The maximum Gasteiger partial charge on any atom is 0.135 e. The maximum absolute atomic E-state index is 9.67. The molecule has 0 unspecified atom stereocenters. The Morgan fingerprint density at radius 2 is 1.67 bits per heavy atom. The quantitative estimate of drug-likeness (QED) is 0.164. The van der Waals surface area contributed by atoms with Crippen molar-refractivity contribution >= 4 is 38.9 Å². The molecule has 0 fully saturated rings. The van der Waals surface area contributed by atoms with Gasteiger partial charge in [-0.2, -0.15) is 11.3 Å². The van der Waals surface area contributed by atoms with Crippen LogP contribution in [0, 0.1) is 36.7 Å². The summed E-state index contributed by atoms with van der Waals surface area (Å²) in [7, 11) is 0. The van der Waals surface area contributed by atoms with Gasteiger partial charge in [0, 0.05) is 50.0 Å². The molecule has 1 aliphatic rings. The standard InChI is InChI=1S/C38H27N6O.Pt/c1-38(2,3)27-14-15-41-37(19-27)44-35-18-26(24-39)10-12-33(35)34-13-11-31(23-36(34)44)45-32-21-28(40-4)20-30(22-32)43-17-16-42(25-43)29-8-6-5-7-9-29;/h5-21,25H,1-3H3;/q-3;. The van der Waals surface area contributed by atoms with E-state index in [1.807, 2.05) is 106 Å². The number of anilines is 2. The molecule has 1 aliphatic heterocycles. The molecule has 4 aromatic carbocycles. The summed E-state index contributed by atoms with van der Waals surface area (Å²) in [6, 6.07) is 36.1. The van der Waals surface area contributed by atoms with Gasteiger partial charge in [-0.3, -0.25) is 4.85 Å². The molecule has 0 spiro atoms. The molecular formula is C38H27N6OPt-3. The number of aromatic nitrogens is 2. The molecule has 6 aromatic rings. The van der Waals surface area contributed by atoms with Gasteiger partial charge in [0.15, 0.2) is 0 Å². The molecule has 7 nitrogen and oxygen atoms in total. The van der Waals surface area contributed by atoms with Crippen molar-refractivity contribution in [2.24, 2.45) is 0 Å². The number of fused-ring (bicyclic) bond motifs is 3. The van der Waals surface area contributed by atoms with Crippen LogP contribution in [0.25, 0.3) is 32.5 Å². The van der Waals surface area contributed by atoms with E-state index >= 15 is 0 Å². The number of para-hydroxylation sites is 1. The minimum atomic E-state index is -0.0756. The van der Waals surface area contributed by atoms with Crippen LogP contribution in [0.15, 0.2) is 104 Å². The fraction of sp³-hybridized carbons (Fsp3) is 0.105. The summed E-state index contributed by atoms with van der Waals surface area (Å²) >= 11 is 0. The third-order valence-corrected chi connectivity index (χ3v) is 7.75. The van der Waals surface area contributed by atoms with E-state index in [-0.39, 0.29) is 26.5 Å². The first-order valence-electron chi connectivity index (χ1n) is 14.5. The van der Waals surface area contributed by atoms with Gasteiger partial charge in [-0.05, 0) is 65.2 Å². The Morgan fingerprint density at radius 1 is 0.891 bits per heavy atom. The van der Waals surface area contributed by atoms with Crippen molar-refractivity contribution in [1.82, 2.24) is 9.55 Å². The number of pyridine rings is 1. The molecule has 3 heterocycles. The molecule has 0 saturated heterocycles. The van der Waals surface area contributed by atoms with Crippen molar-refractivity contribution in [2.75, 3.05) is 9.80 Å². The van der Waals surface area contributed by atoms with Crippen molar-refractivity contribution in [2.45, 2.75) is 26.2 Å². The van der Waals surface area contributed by atoms with Gasteiger partial charge < -0.3 is 19.1 Å². The summed E-state index contributed by atoms with van der Waals surface area (Å²) in [5.74, 6) is 1.60. The van der Waals surface area contributed by atoms with Gasteiger partial charge in [-0.15, -0.1) is 48.1 Å². The van der Waals surface area contributed by atoms with Crippen LogP contribution in [-0.4, -0.2) is 9.55 Å². The van der Waals surface area contributed by atoms with E-state index in [0.29, 0.717) is 28.4 Å². The Balaban J connectivity index is 0.00000372. The maximum atomic E-state index is 9.67. The minimum absolute atomic E-state index is 0. The van der Waals surface area contributed by atoms with Crippen molar-refractivity contribution in [3.05, 3.63) is 145 Å². The number of rotatable bonds is 5. The molecule has 228 valence electrons. The molecule has 2 aromatic heterocycles. The Labute approximate surface area is 282 Å². The first kappa shape index (κ1) is 30.7. The van der Waals surface area contributed by atoms with Crippen LogP contribution >= 0.6 is 0 Å². The molecule has 0 radical (unpaired) electrons. The largest absolute Gasteiger partial charge is 0.510 e. The first-order valence-corrected chi connectivity index (χ1v) is 14.5. The zero-order chi connectivity index (χ0) is 31.1. The van der Waals surface area contributed by atoms with Gasteiger partial charge in [0.25, 0.3) is 0 Å². The number of nitriles is 1. The summed E-state index contributed by atoms with van der Waals surface area (Å²) in [6.45, 7) is 16.1. The monoisotopic (exact) mass is 778 g/mol. The molecule has 0 amide bonds. The van der Waals surface area contributed by atoms with Crippen molar-refractivity contribution in [3.8, 4) is 23.4 Å². The van der Waals surface area contributed by atoms with Gasteiger partial charge in [0.1, 0.15) is 5.82 Å². The second-order valence-electron chi connectivity index (χ2n) is 11.8. The molecule has 0 aliphatic carbocycles. The average molecular weight is 779 g/mol. The number of hydrogen-bond donors (Lipinski definition) is 0. The summed E-state index contributed by atoms with van der Waals surface area (Å²) in [4.78, 5) is 12.3. The van der Waals surface area contributed by atoms with Crippen LogP contribution in [0.5, 0.6) is 11.5 Å². The number of hydrogen-bond acceptors (Lipinski definition) is 5. The average Bonchev–Trinajstić information content (AvgIpc) is 3.68. The van der Waals surface area contributed by atoms with E-state index in [4.69, 9.17) is 16.3 Å². The van der Waals surface area contributed by atoms with Crippen LogP contribution in [0.2, 0.25) is 0 Å². The van der Waals surface area contributed by atoms with Crippen LogP contribution in [-0.2, 0) is 26.5 Å². The minimum Gasteiger partial charge on any atom is -0.510 e. The Hall–Kier alpha value is -5.36. The summed E-state index contributed by atoms with van der Waals surface area (Å²) in [5.41, 5.74) is 5.39. The Bertz CT molecular complexity index is 2200. The molecular weight excluding hydrogens is 752 g/mol. The van der Waals surface area contributed by atoms with E-state index in [9.17, 15) is 5.26 Å². The summed E-state index contributed by atoms with van der Waals surface area (Å²) < 4.78 is 8.36. The summed E-state index contributed by atoms with van der Waals surface area (Å²) in [5, 5.41) is 11.6. The number of benzene rings is 4. The fourth-order valence-electron chi connectivity index (χ4n) is 5.44. The zero-order valence-corrected chi connectivity index (χ0v) is 27.6. The topological polar surface area (TPSA) is 61.7 Å². The second-order valence-corrected chi connectivity index (χ2v) is 11.8. The molecule has 7 rings (SSSR count). The van der Waals surface area contributed by atoms with Crippen molar-refractivity contribution in [1.29, 1.82) is 5.26 Å². The van der Waals surface area contributed by atoms with Crippen LogP contribution in [0.3, 0.4) is 0 Å². The molecule has 0 N–H and O–H groups in total. The molecule has 0 saturated carbocycles. The zero-order valence-electron chi connectivity index (χ0n) is 25.3. The van der Waals surface area contributed by atoms with Crippen molar-refractivity contribution < 1.29 is 25.8 Å². The fourth-order valence-corrected chi connectivity index (χ4v) is 5.44. The Morgan fingerprint density at radius 3 is 2.43 bits per heavy atom. The van der Waals surface area contributed by atoms with E-state index in [1.165, 1.54) is 0 Å². The summed E-state index contributed by atoms with van der Waals surface area (Å²) in [6.07, 6.45) is 5.69. The van der Waals surface area contributed by atoms with Gasteiger partial charge in [0.05, 0.1) is 23.9 Å². The predicted octanol–water partition coefficient (Wildman–Crippen LogP) is 9.21. The van der Waals surface area contributed by atoms with Crippen LogP contribution in [0.4, 0.5) is 17.1 Å². The van der Waals surface area contributed by atoms with Gasteiger partial charge in [-0.1, -0.05) is 50.6 Å². The molecule has 0 bridgehead atoms. The molecule has 8 heteroatoms. The predicted molar refractivity (Wildman–Crippen MR) is 177 cm³/mol. The van der Waals surface area contributed by atoms with Crippen molar-refractivity contribution in [3.63, 3.8) is 0 Å². The molecule has 46 heavy (non-hydrogen) atoms. The second kappa shape index (κ2) is 12.2. The van der Waals surface area contributed by atoms with Gasteiger partial charge in [0.2, 0.25) is 0 Å². The third-order valence-electron chi connectivity index (χ3n) is 7.75. The molecule has 0 atom stereocenters. The van der Waals surface area contributed by atoms with E-state index < -0.39 is 0 Å². The SMILES string of the molecule is [C-]#[N+]c1cc(Oc2[c-]c3c(cc2)c2ccc(C#N)cc2n3-c2cc(C(C)(C)C)ccn2)[c-]c(N2C=CN(c3ccccc3)[CH-]2)c1.[Pt]. The Kier molecular flexibility index (Phi) is 8.13. The smallest absolute Gasteiger partial charge is 0.135 e.